The molecule has 3 rings (SSSR count). The number of carbonyl (C=O) groups excluding carboxylic acids is 1. The van der Waals surface area contributed by atoms with Crippen molar-refractivity contribution in [1.82, 2.24) is 4.90 Å². The van der Waals surface area contributed by atoms with E-state index in [1.165, 1.54) is 0 Å². The summed E-state index contributed by atoms with van der Waals surface area (Å²) in [5, 5.41) is 0. The van der Waals surface area contributed by atoms with Gasteiger partial charge in [0.1, 0.15) is 4.32 Å². The monoisotopic (exact) mass is 383 g/mol. The summed E-state index contributed by atoms with van der Waals surface area (Å²) >= 11 is 3.74. The number of benzene rings is 2. The highest BCUT2D eigenvalue weighted by Gasteiger charge is 2.59. The third-order valence-electron chi connectivity index (χ3n) is 4.65. The van der Waals surface area contributed by atoms with Gasteiger partial charge in [0.05, 0.1) is 12.1 Å². The Morgan fingerprint density at radius 3 is 2.29 bits per heavy atom. The lowest BCUT2D eigenvalue weighted by Gasteiger charge is -2.54. The summed E-state index contributed by atoms with van der Waals surface area (Å²) < 4.78 is -0.645. The summed E-state index contributed by atoms with van der Waals surface area (Å²) in [5.41, 5.74) is 2.30. The number of halogens is 1. The molecule has 0 unspecified atom stereocenters. The molecule has 24 heavy (non-hydrogen) atoms. The Morgan fingerprint density at radius 1 is 1.12 bits per heavy atom. The van der Waals surface area contributed by atoms with E-state index in [4.69, 9.17) is 0 Å². The molecule has 0 saturated carbocycles. The molecule has 2 aromatic rings. The van der Waals surface area contributed by atoms with Crippen molar-refractivity contribution in [2.45, 2.75) is 36.7 Å². The standard InChI is InChI=1S/C21H22BrNO/c1-3-4-15-21(22)19(18-13-9-6-10-14-18)23(20(21)24)16(2)17-11-7-5-8-12-17/h4-16,19H,3H2,1-2H3/b15-4+/t16-,19-,21+/m0/s1. The second kappa shape index (κ2) is 6.94. The summed E-state index contributed by atoms with van der Waals surface area (Å²) in [6, 6.07) is 20.5. The van der Waals surface area contributed by atoms with Gasteiger partial charge in [-0.25, -0.2) is 0 Å². The Hall–Kier alpha value is -1.87. The molecule has 3 heteroatoms. The van der Waals surface area contributed by atoms with Crippen LogP contribution < -0.4 is 0 Å². The van der Waals surface area contributed by atoms with Gasteiger partial charge in [-0.15, -0.1) is 0 Å². The number of alkyl halides is 1. The molecule has 2 nitrogen and oxygen atoms in total. The van der Waals surface area contributed by atoms with E-state index in [0.717, 1.165) is 17.5 Å². The minimum Gasteiger partial charge on any atom is -0.325 e. The molecule has 0 radical (unpaired) electrons. The van der Waals surface area contributed by atoms with E-state index in [1.54, 1.807) is 0 Å². The fourth-order valence-corrected chi connectivity index (χ4v) is 4.23. The molecule has 1 amide bonds. The second-order valence-electron chi connectivity index (χ2n) is 6.19. The van der Waals surface area contributed by atoms with Crippen LogP contribution in [-0.2, 0) is 4.79 Å². The van der Waals surface area contributed by atoms with Crippen LogP contribution in [0.3, 0.4) is 0 Å². The Morgan fingerprint density at radius 2 is 1.71 bits per heavy atom. The highest BCUT2D eigenvalue weighted by Crippen LogP contribution is 2.53. The first kappa shape index (κ1) is 17.0. The topological polar surface area (TPSA) is 20.3 Å². The average molecular weight is 384 g/mol. The maximum Gasteiger partial charge on any atom is 0.246 e. The quantitative estimate of drug-likeness (QED) is 0.382. The van der Waals surface area contributed by atoms with Crippen LogP contribution in [0.2, 0.25) is 0 Å². The van der Waals surface area contributed by atoms with Crippen molar-refractivity contribution < 1.29 is 4.79 Å². The number of hydrogen-bond donors (Lipinski definition) is 0. The Balaban J connectivity index is 1.99. The SMILES string of the molecule is CC/C=C/[C@]1(Br)C(=O)N([C@@H](C)c2ccccc2)[C@H]1c1ccccc1. The van der Waals surface area contributed by atoms with Gasteiger partial charge < -0.3 is 4.90 Å². The van der Waals surface area contributed by atoms with E-state index in [-0.39, 0.29) is 18.0 Å². The molecule has 124 valence electrons. The van der Waals surface area contributed by atoms with Crippen LogP contribution in [-0.4, -0.2) is 15.1 Å². The molecule has 1 fully saturated rings. The highest BCUT2D eigenvalue weighted by molar-refractivity contribution is 9.10. The zero-order valence-electron chi connectivity index (χ0n) is 14.0. The Bertz CT molecular complexity index is 728. The first-order valence-electron chi connectivity index (χ1n) is 8.39. The van der Waals surface area contributed by atoms with Gasteiger partial charge in [0.15, 0.2) is 0 Å². The van der Waals surface area contributed by atoms with Crippen molar-refractivity contribution in [3.8, 4) is 0 Å². The van der Waals surface area contributed by atoms with Crippen molar-refractivity contribution in [3.63, 3.8) is 0 Å². The zero-order chi connectivity index (χ0) is 17.2. The summed E-state index contributed by atoms with van der Waals surface area (Å²) in [4.78, 5) is 15.0. The highest BCUT2D eigenvalue weighted by atomic mass is 79.9. The van der Waals surface area contributed by atoms with E-state index in [1.807, 2.05) is 47.4 Å². The van der Waals surface area contributed by atoms with Gasteiger partial charge in [-0.2, -0.15) is 0 Å². The molecule has 1 aliphatic rings. The number of nitrogens with zero attached hydrogens (tertiary/aromatic N) is 1. The molecule has 1 saturated heterocycles. The minimum absolute atomic E-state index is 0.00999. The van der Waals surface area contributed by atoms with Gasteiger partial charge in [-0.3, -0.25) is 4.79 Å². The molecule has 0 aromatic heterocycles. The number of allylic oxidation sites excluding steroid dienone is 1. The van der Waals surface area contributed by atoms with Crippen LogP contribution in [0.5, 0.6) is 0 Å². The van der Waals surface area contributed by atoms with Gasteiger partial charge >= 0.3 is 0 Å². The lowest BCUT2D eigenvalue weighted by atomic mass is 9.79. The van der Waals surface area contributed by atoms with Crippen LogP contribution in [0.4, 0.5) is 0 Å². The number of carbonyl (C=O) groups is 1. The average Bonchev–Trinajstić information content (AvgIpc) is 2.64. The maximum atomic E-state index is 13.0. The first-order chi connectivity index (χ1) is 11.6. The fraction of sp³-hybridized carbons (Fsp3) is 0.286. The van der Waals surface area contributed by atoms with Crippen molar-refractivity contribution in [1.29, 1.82) is 0 Å². The van der Waals surface area contributed by atoms with E-state index in [9.17, 15) is 4.79 Å². The van der Waals surface area contributed by atoms with Gasteiger partial charge in [-0.1, -0.05) is 95.7 Å². The maximum absolute atomic E-state index is 13.0. The van der Waals surface area contributed by atoms with Crippen LogP contribution in [0.15, 0.2) is 72.8 Å². The molecule has 2 aromatic carbocycles. The van der Waals surface area contributed by atoms with Crippen molar-refractivity contribution >= 4 is 21.8 Å². The fourth-order valence-electron chi connectivity index (χ4n) is 3.35. The summed E-state index contributed by atoms with van der Waals surface area (Å²) in [6.45, 7) is 4.18. The third kappa shape index (κ3) is 2.82. The van der Waals surface area contributed by atoms with Gasteiger partial charge in [0.2, 0.25) is 5.91 Å². The predicted octanol–water partition coefficient (Wildman–Crippen LogP) is 5.43. The van der Waals surface area contributed by atoms with E-state index < -0.39 is 4.32 Å². The molecule has 1 aliphatic heterocycles. The molecule has 0 bridgehead atoms. The van der Waals surface area contributed by atoms with Gasteiger partial charge in [-0.05, 0) is 24.5 Å². The van der Waals surface area contributed by atoms with E-state index >= 15 is 0 Å². The van der Waals surface area contributed by atoms with Crippen molar-refractivity contribution in [2.24, 2.45) is 0 Å². The lowest BCUT2D eigenvalue weighted by molar-refractivity contribution is -0.153. The Kier molecular flexibility index (Phi) is 4.91. The summed E-state index contributed by atoms with van der Waals surface area (Å²) in [7, 11) is 0. The summed E-state index contributed by atoms with van der Waals surface area (Å²) in [5.74, 6) is 0.123. The van der Waals surface area contributed by atoms with E-state index in [2.05, 4.69) is 60.1 Å². The molecule has 3 atom stereocenters. The minimum atomic E-state index is -0.645. The molecular weight excluding hydrogens is 362 g/mol. The molecular formula is C21H22BrNO. The molecule has 0 aliphatic carbocycles. The molecule has 0 N–H and O–H groups in total. The number of likely N-dealkylation sites (tertiary alicyclic amines) is 1. The van der Waals surface area contributed by atoms with Crippen molar-refractivity contribution in [2.75, 3.05) is 0 Å². The van der Waals surface area contributed by atoms with E-state index in [0.29, 0.717) is 0 Å². The largest absolute Gasteiger partial charge is 0.325 e. The second-order valence-corrected chi connectivity index (χ2v) is 7.50. The molecule has 0 spiro atoms. The number of amides is 1. The van der Waals surface area contributed by atoms with Gasteiger partial charge in [0.25, 0.3) is 0 Å². The van der Waals surface area contributed by atoms with Crippen LogP contribution in [0.25, 0.3) is 0 Å². The smallest absolute Gasteiger partial charge is 0.246 e. The van der Waals surface area contributed by atoms with Gasteiger partial charge in [0, 0.05) is 0 Å². The number of hydrogen-bond acceptors (Lipinski definition) is 1. The number of β-lactam (4-membered cyclic amide) rings is 1. The zero-order valence-corrected chi connectivity index (χ0v) is 15.6. The predicted molar refractivity (Wildman–Crippen MR) is 102 cm³/mol. The van der Waals surface area contributed by atoms with Crippen LogP contribution >= 0.6 is 15.9 Å². The van der Waals surface area contributed by atoms with Crippen LogP contribution in [0, 0.1) is 0 Å². The Labute approximate surface area is 152 Å². The summed E-state index contributed by atoms with van der Waals surface area (Å²) in [6.07, 6.45) is 4.99. The molecule has 1 heterocycles. The normalized spacial score (nSPS) is 24.9. The van der Waals surface area contributed by atoms with Crippen LogP contribution in [0.1, 0.15) is 43.5 Å². The lowest BCUT2D eigenvalue weighted by Crippen LogP contribution is -2.64. The third-order valence-corrected chi connectivity index (χ3v) is 5.69. The van der Waals surface area contributed by atoms with Crippen molar-refractivity contribution in [3.05, 3.63) is 83.9 Å². The first-order valence-corrected chi connectivity index (χ1v) is 9.18. The number of rotatable bonds is 5.